The summed E-state index contributed by atoms with van der Waals surface area (Å²) in [5, 5.41) is 8.04. The minimum Gasteiger partial charge on any atom is -0.396 e. The Balaban J connectivity index is 2.19. The molecule has 0 saturated heterocycles. The fourth-order valence-corrected chi connectivity index (χ4v) is 0.659. The highest BCUT2D eigenvalue weighted by molar-refractivity contribution is 9.36. The Kier molecular flexibility index (Phi) is 5.72. The molecule has 0 saturated carbocycles. The van der Waals surface area contributed by atoms with Gasteiger partial charge in [0.15, 0.2) is 0 Å². The highest BCUT2D eigenvalue weighted by Crippen LogP contribution is 2.16. The van der Waals surface area contributed by atoms with Crippen LogP contribution in [0.4, 0.5) is 0 Å². The minimum atomic E-state index is 0.309. The monoisotopic (exact) mass is 156 g/mol. The highest BCUT2D eigenvalue weighted by Gasteiger charge is 1.70. The predicted octanol–water partition coefficient (Wildman–Crippen LogP) is 0.967. The van der Waals surface area contributed by atoms with Crippen LogP contribution < -0.4 is 0 Å². The molecular weight excluding hydrogens is 151 g/mol. The van der Waals surface area contributed by atoms with E-state index in [1.165, 1.54) is 0 Å². The van der Waals surface area contributed by atoms with Crippen molar-refractivity contribution in [1.82, 2.24) is 0 Å². The van der Waals surface area contributed by atoms with E-state index in [9.17, 15) is 0 Å². The first-order valence-electron chi connectivity index (χ1n) is 1.36. The Morgan fingerprint density at radius 2 is 2.40 bits per heavy atom. The molecule has 0 aliphatic carbocycles. The molecule has 32 valence electrons. The molecule has 1 atom stereocenters. The van der Waals surface area contributed by atoms with E-state index >= 15 is 0 Å². The second-order valence-corrected chi connectivity index (χ2v) is 3.06. The third-order valence-electron chi connectivity index (χ3n) is 0.206. The van der Waals surface area contributed by atoms with E-state index in [2.05, 4.69) is 15.5 Å². The molecular formula is C2H6BrOP. The SMILES string of the molecule is OCCPBr. The second-order valence-electron chi connectivity index (χ2n) is 0.607. The Morgan fingerprint density at radius 3 is 2.40 bits per heavy atom. The molecule has 3 heteroatoms. The predicted molar refractivity (Wildman–Crippen MR) is 29.2 cm³/mol. The van der Waals surface area contributed by atoms with Crippen LogP contribution in [-0.4, -0.2) is 17.9 Å². The lowest BCUT2D eigenvalue weighted by Gasteiger charge is -1.78. The Hall–Kier alpha value is 0.870. The molecule has 0 amide bonds. The molecule has 1 nitrogen and oxygen atoms in total. The zero-order valence-corrected chi connectivity index (χ0v) is 5.33. The van der Waals surface area contributed by atoms with Gasteiger partial charge in [-0.2, -0.15) is 0 Å². The number of hydrogen-bond acceptors (Lipinski definition) is 1. The van der Waals surface area contributed by atoms with Crippen molar-refractivity contribution in [3.8, 4) is 0 Å². The van der Waals surface area contributed by atoms with Gasteiger partial charge in [-0.15, -0.1) is 0 Å². The molecule has 1 N–H and O–H groups in total. The van der Waals surface area contributed by atoms with E-state index in [1.54, 1.807) is 0 Å². The zero-order chi connectivity index (χ0) is 4.12. The lowest BCUT2D eigenvalue weighted by Crippen LogP contribution is -1.77. The van der Waals surface area contributed by atoms with Crippen LogP contribution in [0.5, 0.6) is 0 Å². The largest absolute Gasteiger partial charge is 0.396 e. The summed E-state index contributed by atoms with van der Waals surface area (Å²) in [7, 11) is 0.720. The first-order valence-corrected chi connectivity index (χ1v) is 4.82. The van der Waals surface area contributed by atoms with Gasteiger partial charge < -0.3 is 5.11 Å². The van der Waals surface area contributed by atoms with E-state index in [4.69, 9.17) is 5.11 Å². The van der Waals surface area contributed by atoms with Crippen LogP contribution in [0.1, 0.15) is 0 Å². The molecule has 0 aromatic rings. The number of aliphatic hydroxyl groups excluding tert-OH is 1. The molecule has 5 heavy (non-hydrogen) atoms. The van der Waals surface area contributed by atoms with E-state index in [0.717, 1.165) is 13.4 Å². The van der Waals surface area contributed by atoms with Crippen LogP contribution in [0.3, 0.4) is 0 Å². The van der Waals surface area contributed by atoms with Gasteiger partial charge in [0.05, 0.1) is 0 Å². The van der Waals surface area contributed by atoms with Crippen molar-refractivity contribution < 1.29 is 5.11 Å². The van der Waals surface area contributed by atoms with Crippen molar-refractivity contribution in [2.24, 2.45) is 0 Å². The van der Waals surface area contributed by atoms with Gasteiger partial charge in [0.2, 0.25) is 0 Å². The van der Waals surface area contributed by atoms with Gasteiger partial charge in [-0.3, -0.25) is 0 Å². The molecule has 0 fully saturated rings. The van der Waals surface area contributed by atoms with Gasteiger partial charge in [-0.25, -0.2) is 0 Å². The van der Waals surface area contributed by atoms with Crippen molar-refractivity contribution >= 4 is 22.8 Å². The summed E-state index contributed by atoms with van der Waals surface area (Å²) in [5.41, 5.74) is 0. The average Bonchev–Trinajstić information content (AvgIpc) is 1.41. The van der Waals surface area contributed by atoms with Gasteiger partial charge in [0.1, 0.15) is 0 Å². The smallest absolute Gasteiger partial charge is 0.0475 e. The topological polar surface area (TPSA) is 20.2 Å². The van der Waals surface area contributed by atoms with Gasteiger partial charge in [0, 0.05) is 6.61 Å². The quantitative estimate of drug-likeness (QED) is 0.592. The Bertz CT molecular complexity index is 17.1. The maximum Gasteiger partial charge on any atom is 0.0475 e. The lowest BCUT2D eigenvalue weighted by molar-refractivity contribution is 0.322. The fraction of sp³-hybridized carbons (Fsp3) is 1.00. The van der Waals surface area contributed by atoms with Crippen LogP contribution in [0.2, 0.25) is 0 Å². The van der Waals surface area contributed by atoms with Crippen molar-refractivity contribution in [1.29, 1.82) is 0 Å². The normalized spacial score (nSPS) is 10.8. The molecule has 0 heterocycles. The van der Waals surface area contributed by atoms with E-state index < -0.39 is 0 Å². The molecule has 0 rings (SSSR count). The van der Waals surface area contributed by atoms with Gasteiger partial charge in [-0.05, 0) is 13.4 Å². The summed E-state index contributed by atoms with van der Waals surface area (Å²) in [6.07, 6.45) is 0.889. The van der Waals surface area contributed by atoms with Crippen molar-refractivity contribution in [2.45, 2.75) is 0 Å². The third kappa shape index (κ3) is 4.87. The summed E-state index contributed by atoms with van der Waals surface area (Å²) in [5.74, 6) is 0. The van der Waals surface area contributed by atoms with E-state index in [0.29, 0.717) is 6.61 Å². The Labute approximate surface area is 41.3 Å². The summed E-state index contributed by atoms with van der Waals surface area (Å²) in [4.78, 5) is 0. The number of rotatable bonds is 2. The van der Waals surface area contributed by atoms with Gasteiger partial charge in [-0.1, -0.05) is 15.5 Å². The summed E-state index contributed by atoms with van der Waals surface area (Å²) >= 11 is 3.18. The molecule has 0 aliphatic heterocycles. The van der Waals surface area contributed by atoms with Crippen LogP contribution in [0.15, 0.2) is 0 Å². The molecule has 0 radical (unpaired) electrons. The second kappa shape index (κ2) is 4.87. The van der Waals surface area contributed by atoms with Gasteiger partial charge in [0.25, 0.3) is 0 Å². The Morgan fingerprint density at radius 1 is 1.80 bits per heavy atom. The van der Waals surface area contributed by atoms with Crippen LogP contribution in [-0.2, 0) is 0 Å². The zero-order valence-electron chi connectivity index (χ0n) is 2.74. The molecule has 0 spiro atoms. The molecule has 0 bridgehead atoms. The van der Waals surface area contributed by atoms with Crippen molar-refractivity contribution in [2.75, 3.05) is 12.8 Å². The number of aliphatic hydroxyl groups is 1. The van der Waals surface area contributed by atoms with Crippen LogP contribution >= 0.6 is 22.8 Å². The van der Waals surface area contributed by atoms with Crippen LogP contribution in [0.25, 0.3) is 0 Å². The molecule has 0 aromatic heterocycles. The maximum atomic E-state index is 8.04. The van der Waals surface area contributed by atoms with Crippen LogP contribution in [0, 0.1) is 0 Å². The fourth-order valence-electron chi connectivity index (χ4n) is 0.0423. The van der Waals surface area contributed by atoms with Crippen molar-refractivity contribution in [3.63, 3.8) is 0 Å². The summed E-state index contributed by atoms with van der Waals surface area (Å²) < 4.78 is 0. The average molecular weight is 157 g/mol. The first-order chi connectivity index (χ1) is 2.41. The first kappa shape index (κ1) is 5.87. The minimum absolute atomic E-state index is 0.309. The summed E-state index contributed by atoms with van der Waals surface area (Å²) in [6.45, 7) is 0.309. The standard InChI is InChI=1S/C2H6BrOP/c3-5-2-1-4/h4-5H,1-2H2. The molecule has 1 unspecified atom stereocenters. The highest BCUT2D eigenvalue weighted by atomic mass is 79.9. The van der Waals surface area contributed by atoms with E-state index in [-0.39, 0.29) is 0 Å². The molecule has 0 aliphatic rings. The third-order valence-corrected chi connectivity index (χ3v) is 1.81. The van der Waals surface area contributed by atoms with E-state index in [1.807, 2.05) is 0 Å². The maximum absolute atomic E-state index is 8.04. The lowest BCUT2D eigenvalue weighted by atomic mass is 10.9. The van der Waals surface area contributed by atoms with Gasteiger partial charge >= 0.3 is 0 Å². The molecule has 0 aromatic carbocycles. The summed E-state index contributed by atoms with van der Waals surface area (Å²) in [6, 6.07) is 0. The number of hydrogen-bond donors (Lipinski definition) is 1. The number of halogens is 1. The van der Waals surface area contributed by atoms with Crippen molar-refractivity contribution in [3.05, 3.63) is 0 Å².